The Bertz CT molecular complexity index is 636. The number of aliphatic imine (C=N–C) groups is 1. The molecule has 2 rings (SSSR count). The molecule has 1 aliphatic rings. The van der Waals surface area contributed by atoms with Crippen molar-refractivity contribution in [2.45, 2.75) is 5.92 Å². The Labute approximate surface area is 146 Å². The summed E-state index contributed by atoms with van der Waals surface area (Å²) in [6.45, 7) is 1.24. The molecule has 130 valence electrons. The Hall–Kier alpha value is -1.76. The van der Waals surface area contributed by atoms with E-state index in [1.165, 1.54) is 11.8 Å². The van der Waals surface area contributed by atoms with Crippen LogP contribution in [0.2, 0.25) is 0 Å². The van der Waals surface area contributed by atoms with Crippen molar-refractivity contribution < 1.29 is 15.3 Å². The molecule has 24 heavy (non-hydrogen) atoms. The number of anilines is 2. The molecule has 1 unspecified atom stereocenters. The predicted molar refractivity (Wildman–Crippen MR) is 99.6 cm³/mol. The van der Waals surface area contributed by atoms with Crippen molar-refractivity contribution in [3.63, 3.8) is 0 Å². The molecule has 7 heteroatoms. The molecular formula is C17H23N3O3S. The van der Waals surface area contributed by atoms with E-state index in [9.17, 15) is 10.2 Å². The van der Waals surface area contributed by atoms with E-state index < -0.39 is 0 Å². The smallest absolute Gasteiger partial charge is 0.0715 e. The highest BCUT2D eigenvalue weighted by atomic mass is 32.2. The monoisotopic (exact) mass is 349 g/mol. The van der Waals surface area contributed by atoms with Crippen LogP contribution in [0, 0.1) is 0 Å². The molecule has 0 saturated carbocycles. The molecule has 1 aliphatic heterocycles. The molecule has 0 bridgehead atoms. The second-order valence-corrected chi connectivity index (χ2v) is 6.20. The van der Waals surface area contributed by atoms with Crippen molar-refractivity contribution in [2.24, 2.45) is 4.99 Å². The van der Waals surface area contributed by atoms with Crippen molar-refractivity contribution in [1.82, 2.24) is 0 Å². The van der Waals surface area contributed by atoms with Crippen LogP contribution >= 0.6 is 11.8 Å². The minimum atomic E-state index is -0.0255. The normalized spacial score (nSPS) is 16.3. The Morgan fingerprint density at radius 3 is 2.58 bits per heavy atom. The van der Waals surface area contributed by atoms with E-state index in [2.05, 4.69) is 10.9 Å². The van der Waals surface area contributed by atoms with Gasteiger partial charge in [-0.25, -0.2) is 4.99 Å². The standard InChI is InChI=1S/C17H23N3O3S/c18-16-2-1-13(20(5-8-22)6-9-23)11-15(16)14-3-10-24-17(14)12-19-4-7-21/h1-3,10-11,14,21-23H,4-9,18H2. The lowest BCUT2D eigenvalue weighted by Gasteiger charge is -2.25. The number of hydrogen-bond acceptors (Lipinski definition) is 7. The highest BCUT2D eigenvalue weighted by Crippen LogP contribution is 2.42. The van der Waals surface area contributed by atoms with Gasteiger partial charge >= 0.3 is 0 Å². The zero-order valence-corrected chi connectivity index (χ0v) is 14.2. The number of rotatable bonds is 8. The minimum Gasteiger partial charge on any atom is -0.398 e. The van der Waals surface area contributed by atoms with Gasteiger partial charge in [0.05, 0.1) is 31.3 Å². The number of hydrogen-bond donors (Lipinski definition) is 4. The summed E-state index contributed by atoms with van der Waals surface area (Å²) in [5.41, 5.74) is 8.68. The Balaban J connectivity index is 2.33. The molecule has 1 aromatic rings. The number of benzene rings is 1. The summed E-state index contributed by atoms with van der Waals surface area (Å²) in [7, 11) is 0. The van der Waals surface area contributed by atoms with Gasteiger partial charge in [-0.3, -0.25) is 0 Å². The van der Waals surface area contributed by atoms with Crippen molar-refractivity contribution >= 4 is 29.0 Å². The average molecular weight is 349 g/mol. The van der Waals surface area contributed by atoms with E-state index in [1.807, 2.05) is 34.6 Å². The van der Waals surface area contributed by atoms with E-state index in [0.29, 0.717) is 25.3 Å². The van der Waals surface area contributed by atoms with Crippen LogP contribution in [-0.4, -0.2) is 60.6 Å². The zero-order chi connectivity index (χ0) is 17.4. The van der Waals surface area contributed by atoms with E-state index >= 15 is 0 Å². The first kappa shape index (κ1) is 18.6. The summed E-state index contributed by atoms with van der Waals surface area (Å²) in [5.74, 6) is 2.96. The van der Waals surface area contributed by atoms with Gasteiger partial charge in [0, 0.05) is 30.4 Å². The van der Waals surface area contributed by atoms with Gasteiger partial charge in [0.1, 0.15) is 0 Å². The van der Waals surface area contributed by atoms with Gasteiger partial charge in [-0.05, 0) is 35.0 Å². The molecule has 1 atom stereocenters. The SMILES string of the molecule is Nc1ccc(N(CCO)CCO)cc1C1C=CSC1=C=NCCO. The lowest BCUT2D eigenvalue weighted by atomic mass is 9.96. The van der Waals surface area contributed by atoms with Gasteiger partial charge in [-0.15, -0.1) is 0 Å². The van der Waals surface area contributed by atoms with Crippen LogP contribution < -0.4 is 10.6 Å². The topological polar surface area (TPSA) is 102 Å². The number of nitrogens with zero attached hydrogens (tertiary/aromatic N) is 2. The van der Waals surface area contributed by atoms with E-state index in [1.54, 1.807) is 0 Å². The molecule has 0 aliphatic carbocycles. The maximum absolute atomic E-state index is 9.21. The van der Waals surface area contributed by atoms with Crippen LogP contribution in [-0.2, 0) is 0 Å². The van der Waals surface area contributed by atoms with E-state index in [0.717, 1.165) is 16.2 Å². The Morgan fingerprint density at radius 1 is 1.17 bits per heavy atom. The highest BCUT2D eigenvalue weighted by molar-refractivity contribution is 8.06. The van der Waals surface area contributed by atoms with Crippen molar-refractivity contribution in [2.75, 3.05) is 50.1 Å². The number of allylic oxidation sites excluding steroid dienone is 2. The highest BCUT2D eigenvalue weighted by Gasteiger charge is 2.22. The Kier molecular flexibility index (Phi) is 7.36. The molecule has 0 saturated heterocycles. The van der Waals surface area contributed by atoms with Gasteiger partial charge in [0.25, 0.3) is 0 Å². The number of nitrogens with two attached hydrogens (primary N) is 1. The van der Waals surface area contributed by atoms with Crippen LogP contribution in [0.4, 0.5) is 11.4 Å². The molecule has 0 aromatic heterocycles. The van der Waals surface area contributed by atoms with Gasteiger partial charge in [-0.1, -0.05) is 17.8 Å². The fourth-order valence-electron chi connectivity index (χ4n) is 2.52. The third kappa shape index (κ3) is 4.63. The minimum absolute atomic E-state index is 0.00204. The van der Waals surface area contributed by atoms with Crippen LogP contribution in [0.15, 0.2) is 39.6 Å². The number of aliphatic hydroxyl groups excluding tert-OH is 3. The molecule has 6 nitrogen and oxygen atoms in total. The van der Waals surface area contributed by atoms with Gasteiger partial charge in [-0.2, -0.15) is 0 Å². The van der Waals surface area contributed by atoms with Crippen LogP contribution in [0.3, 0.4) is 0 Å². The number of thioether (sulfide) groups is 1. The molecule has 1 heterocycles. The quantitative estimate of drug-likeness (QED) is 0.412. The predicted octanol–water partition coefficient (Wildman–Crippen LogP) is 0.950. The molecular weight excluding hydrogens is 326 g/mol. The summed E-state index contributed by atoms with van der Waals surface area (Å²) >= 11 is 1.54. The fourth-order valence-corrected chi connectivity index (χ4v) is 3.37. The molecule has 0 radical (unpaired) electrons. The largest absolute Gasteiger partial charge is 0.398 e. The average Bonchev–Trinajstić information content (AvgIpc) is 3.04. The van der Waals surface area contributed by atoms with Crippen molar-refractivity contribution in [1.29, 1.82) is 0 Å². The first-order valence-electron chi connectivity index (χ1n) is 7.81. The fraction of sp³-hybridized carbons (Fsp3) is 0.412. The van der Waals surface area contributed by atoms with Crippen LogP contribution in [0.1, 0.15) is 11.5 Å². The second kappa shape index (κ2) is 9.52. The lowest BCUT2D eigenvalue weighted by Crippen LogP contribution is -2.29. The first-order valence-corrected chi connectivity index (χ1v) is 8.68. The first-order chi connectivity index (χ1) is 11.7. The molecule has 0 amide bonds. The molecule has 5 N–H and O–H groups in total. The number of aliphatic hydroxyl groups is 3. The summed E-state index contributed by atoms with van der Waals surface area (Å²) < 4.78 is 0. The zero-order valence-electron chi connectivity index (χ0n) is 13.4. The van der Waals surface area contributed by atoms with Gasteiger partial charge in [0.15, 0.2) is 0 Å². The van der Waals surface area contributed by atoms with E-state index in [4.69, 9.17) is 10.8 Å². The maximum atomic E-state index is 9.21. The summed E-state index contributed by atoms with van der Waals surface area (Å²) in [5, 5.41) is 29.2. The van der Waals surface area contributed by atoms with Crippen LogP contribution in [0.5, 0.6) is 0 Å². The maximum Gasteiger partial charge on any atom is 0.0715 e. The van der Waals surface area contributed by atoms with Crippen molar-refractivity contribution in [3.8, 4) is 0 Å². The molecule has 0 fully saturated rings. The summed E-state index contributed by atoms with van der Waals surface area (Å²) in [4.78, 5) is 6.93. The van der Waals surface area contributed by atoms with E-state index in [-0.39, 0.29) is 25.7 Å². The molecule has 0 spiro atoms. The third-order valence-electron chi connectivity index (χ3n) is 3.66. The van der Waals surface area contributed by atoms with Gasteiger partial charge in [0.2, 0.25) is 0 Å². The second-order valence-electron chi connectivity index (χ2n) is 5.25. The summed E-state index contributed by atoms with van der Waals surface area (Å²) in [6, 6.07) is 5.71. The lowest BCUT2D eigenvalue weighted by molar-refractivity contribution is 0.281. The van der Waals surface area contributed by atoms with Gasteiger partial charge < -0.3 is 26.0 Å². The summed E-state index contributed by atoms with van der Waals surface area (Å²) in [6.07, 6.45) is 2.04. The third-order valence-corrected chi connectivity index (χ3v) is 4.55. The van der Waals surface area contributed by atoms with Crippen molar-refractivity contribution in [3.05, 3.63) is 40.2 Å². The number of nitrogen functional groups attached to an aromatic ring is 1. The van der Waals surface area contributed by atoms with Crippen LogP contribution in [0.25, 0.3) is 0 Å². The Morgan fingerprint density at radius 2 is 1.92 bits per heavy atom. The molecule has 1 aromatic carbocycles.